The molecule has 2 rings (SSSR count). The first-order valence-corrected chi connectivity index (χ1v) is 7.63. The van der Waals surface area contributed by atoms with Gasteiger partial charge in [0.1, 0.15) is 23.2 Å². The third-order valence-corrected chi connectivity index (χ3v) is 3.58. The first-order valence-electron chi connectivity index (χ1n) is 7.63. The Morgan fingerprint density at radius 3 is 2.50 bits per heavy atom. The molecule has 0 aliphatic carbocycles. The largest absolute Gasteiger partial charge is 0.508 e. The number of hydrogen-bond acceptors (Lipinski definition) is 4. The summed E-state index contributed by atoms with van der Waals surface area (Å²) in [6.07, 6.45) is 11.9. The van der Waals surface area contributed by atoms with Crippen LogP contribution >= 0.6 is 0 Å². The van der Waals surface area contributed by atoms with Gasteiger partial charge in [0.25, 0.3) is 0 Å². The molecule has 1 aromatic rings. The van der Waals surface area contributed by atoms with Crippen molar-refractivity contribution in [3.63, 3.8) is 0 Å². The maximum Gasteiger partial charge on any atom is 0.342 e. The van der Waals surface area contributed by atoms with Gasteiger partial charge in [-0.3, -0.25) is 0 Å². The molecule has 1 aliphatic rings. The number of hydrogen-bond donors (Lipinski definition) is 2. The van der Waals surface area contributed by atoms with E-state index in [2.05, 4.69) is 18.2 Å². The molecular formula is C18H22O4. The topological polar surface area (TPSA) is 66.8 Å². The summed E-state index contributed by atoms with van der Waals surface area (Å²) in [4.78, 5) is 12.3. The molecule has 1 aliphatic heterocycles. The van der Waals surface area contributed by atoms with E-state index in [1.54, 1.807) is 0 Å². The molecule has 0 saturated carbocycles. The summed E-state index contributed by atoms with van der Waals surface area (Å²) in [5.74, 6) is -0.835. The second kappa shape index (κ2) is 7.69. The number of carbonyl (C=O) groups excluding carboxylic acids is 1. The summed E-state index contributed by atoms with van der Waals surface area (Å²) >= 11 is 0. The molecule has 0 fully saturated rings. The lowest BCUT2D eigenvalue weighted by molar-refractivity contribution is 0.0343. The van der Waals surface area contributed by atoms with Crippen LogP contribution in [0.3, 0.4) is 0 Å². The van der Waals surface area contributed by atoms with E-state index >= 15 is 0 Å². The van der Waals surface area contributed by atoms with Crippen molar-refractivity contribution in [2.45, 2.75) is 45.1 Å². The first-order chi connectivity index (χ1) is 10.6. The fourth-order valence-corrected chi connectivity index (χ4v) is 2.46. The predicted molar refractivity (Wildman–Crippen MR) is 85.1 cm³/mol. The normalized spacial score (nSPS) is 23.0. The molecule has 4 nitrogen and oxygen atoms in total. The van der Waals surface area contributed by atoms with Gasteiger partial charge in [0, 0.05) is 12.5 Å². The SMILES string of the molecule is CC1C/C=C/CC/C=C/CCc2cc(O)cc(O)c2C(=O)O1. The number of esters is 1. The van der Waals surface area contributed by atoms with Gasteiger partial charge in [0.2, 0.25) is 0 Å². The first kappa shape index (κ1) is 16.1. The lowest BCUT2D eigenvalue weighted by Gasteiger charge is -2.15. The Bertz CT molecular complexity index is 587. The van der Waals surface area contributed by atoms with Gasteiger partial charge in [0.15, 0.2) is 0 Å². The molecule has 0 spiro atoms. The highest BCUT2D eigenvalue weighted by Gasteiger charge is 2.20. The van der Waals surface area contributed by atoms with Crippen LogP contribution in [-0.2, 0) is 11.2 Å². The molecule has 0 radical (unpaired) electrons. The summed E-state index contributed by atoms with van der Waals surface area (Å²) in [6.45, 7) is 1.82. The fourth-order valence-electron chi connectivity index (χ4n) is 2.46. The van der Waals surface area contributed by atoms with Gasteiger partial charge in [-0.2, -0.15) is 0 Å². The van der Waals surface area contributed by atoms with Crippen molar-refractivity contribution in [3.05, 3.63) is 47.6 Å². The lowest BCUT2D eigenvalue weighted by Crippen LogP contribution is -2.16. The second-order valence-corrected chi connectivity index (χ2v) is 5.51. The standard InChI is InChI=1S/C18H22O4/c1-13-9-7-5-3-2-4-6-8-10-14-11-15(19)12-16(20)17(14)18(21)22-13/h4-7,11-13,19-20H,2-3,8-10H2,1H3/b6-4+,7-5+. The maximum absolute atomic E-state index is 12.3. The van der Waals surface area contributed by atoms with Gasteiger partial charge in [-0.15, -0.1) is 0 Å². The highest BCUT2D eigenvalue weighted by Crippen LogP contribution is 2.29. The monoisotopic (exact) mass is 302 g/mol. The molecule has 0 saturated heterocycles. The smallest absolute Gasteiger partial charge is 0.342 e. The molecule has 118 valence electrons. The Labute approximate surface area is 130 Å². The Balaban J connectivity index is 2.32. The minimum atomic E-state index is -0.547. The van der Waals surface area contributed by atoms with Crippen molar-refractivity contribution in [3.8, 4) is 11.5 Å². The fraction of sp³-hybridized carbons (Fsp3) is 0.389. The van der Waals surface area contributed by atoms with Crippen LogP contribution in [0.4, 0.5) is 0 Å². The van der Waals surface area contributed by atoms with Crippen LogP contribution < -0.4 is 0 Å². The van der Waals surface area contributed by atoms with E-state index in [0.29, 0.717) is 18.4 Å². The highest BCUT2D eigenvalue weighted by molar-refractivity contribution is 5.94. The number of carbonyl (C=O) groups is 1. The predicted octanol–water partition coefficient (Wildman–Crippen LogP) is 3.87. The maximum atomic E-state index is 12.3. The number of aryl methyl sites for hydroxylation is 1. The van der Waals surface area contributed by atoms with Gasteiger partial charge in [-0.1, -0.05) is 24.3 Å². The second-order valence-electron chi connectivity index (χ2n) is 5.51. The van der Waals surface area contributed by atoms with Crippen molar-refractivity contribution >= 4 is 5.97 Å². The van der Waals surface area contributed by atoms with E-state index in [0.717, 1.165) is 19.3 Å². The molecule has 1 unspecified atom stereocenters. The van der Waals surface area contributed by atoms with Crippen LogP contribution in [0, 0.1) is 0 Å². The molecule has 0 aromatic heterocycles. The van der Waals surface area contributed by atoms with Crippen LogP contribution in [-0.4, -0.2) is 22.3 Å². The third kappa shape index (κ3) is 4.38. The molecular weight excluding hydrogens is 280 g/mol. The summed E-state index contributed by atoms with van der Waals surface area (Å²) in [5.41, 5.74) is 0.756. The minimum Gasteiger partial charge on any atom is -0.508 e. The molecule has 1 atom stereocenters. The zero-order valence-corrected chi connectivity index (χ0v) is 12.8. The molecule has 4 heteroatoms. The average molecular weight is 302 g/mol. The number of cyclic esters (lactones) is 1. The van der Waals surface area contributed by atoms with Crippen molar-refractivity contribution in [2.24, 2.45) is 0 Å². The molecule has 0 amide bonds. The Hall–Kier alpha value is -2.23. The minimum absolute atomic E-state index is 0.0508. The van der Waals surface area contributed by atoms with Gasteiger partial charge in [0.05, 0.1) is 0 Å². The molecule has 1 aromatic carbocycles. The Morgan fingerprint density at radius 2 is 1.73 bits per heavy atom. The molecule has 1 heterocycles. The lowest BCUT2D eigenvalue weighted by atomic mass is 10.0. The van der Waals surface area contributed by atoms with Crippen LogP contribution in [0.1, 0.15) is 48.5 Å². The van der Waals surface area contributed by atoms with Gasteiger partial charge in [-0.25, -0.2) is 4.79 Å². The number of allylic oxidation sites excluding steroid dienone is 3. The Morgan fingerprint density at radius 1 is 1.05 bits per heavy atom. The number of phenolic OH excluding ortho intramolecular Hbond substituents is 2. The summed E-state index contributed by atoms with van der Waals surface area (Å²) < 4.78 is 5.39. The van der Waals surface area contributed by atoms with Crippen molar-refractivity contribution in [1.29, 1.82) is 0 Å². The molecule has 22 heavy (non-hydrogen) atoms. The zero-order valence-electron chi connectivity index (χ0n) is 12.8. The van der Waals surface area contributed by atoms with Gasteiger partial charge >= 0.3 is 5.97 Å². The number of aromatic hydroxyl groups is 2. The van der Waals surface area contributed by atoms with E-state index in [9.17, 15) is 15.0 Å². The van der Waals surface area contributed by atoms with Crippen LogP contribution in [0.5, 0.6) is 11.5 Å². The van der Waals surface area contributed by atoms with E-state index in [1.165, 1.54) is 12.1 Å². The highest BCUT2D eigenvalue weighted by atomic mass is 16.5. The van der Waals surface area contributed by atoms with E-state index in [1.807, 2.05) is 13.0 Å². The van der Waals surface area contributed by atoms with Crippen molar-refractivity contribution in [2.75, 3.05) is 0 Å². The van der Waals surface area contributed by atoms with Crippen molar-refractivity contribution in [1.82, 2.24) is 0 Å². The number of rotatable bonds is 0. The van der Waals surface area contributed by atoms with Crippen LogP contribution in [0.15, 0.2) is 36.4 Å². The zero-order chi connectivity index (χ0) is 15.9. The summed E-state index contributed by atoms with van der Waals surface area (Å²) in [7, 11) is 0. The van der Waals surface area contributed by atoms with E-state index in [4.69, 9.17) is 4.74 Å². The Kier molecular flexibility index (Phi) is 5.64. The van der Waals surface area contributed by atoms with Gasteiger partial charge in [-0.05, 0) is 44.2 Å². The molecule has 0 bridgehead atoms. The van der Waals surface area contributed by atoms with Crippen LogP contribution in [0.25, 0.3) is 0 Å². The van der Waals surface area contributed by atoms with Crippen LogP contribution in [0.2, 0.25) is 0 Å². The quantitative estimate of drug-likeness (QED) is 0.564. The third-order valence-electron chi connectivity index (χ3n) is 3.58. The van der Waals surface area contributed by atoms with Gasteiger partial charge < -0.3 is 14.9 Å². The van der Waals surface area contributed by atoms with E-state index < -0.39 is 5.97 Å². The molecule has 2 N–H and O–H groups in total. The number of ether oxygens (including phenoxy) is 1. The summed E-state index contributed by atoms with van der Waals surface area (Å²) in [6, 6.07) is 2.68. The van der Waals surface area contributed by atoms with Crippen molar-refractivity contribution < 1.29 is 19.7 Å². The average Bonchev–Trinajstić information content (AvgIpc) is 2.43. The number of benzene rings is 1. The summed E-state index contributed by atoms with van der Waals surface area (Å²) in [5, 5.41) is 19.6. The number of phenols is 2. The van der Waals surface area contributed by atoms with E-state index in [-0.39, 0.29) is 23.2 Å². The number of fused-ring (bicyclic) bond motifs is 1.